The van der Waals surface area contributed by atoms with Gasteiger partial charge in [0.15, 0.2) is 11.6 Å². The molecule has 0 atom stereocenters. The van der Waals surface area contributed by atoms with Gasteiger partial charge in [-0.2, -0.15) is 0 Å². The molecule has 22 heavy (non-hydrogen) atoms. The fraction of sp³-hybridized carbons (Fsp3) is 0.0625. The van der Waals surface area contributed by atoms with E-state index in [-0.39, 0.29) is 34.1 Å². The lowest BCUT2D eigenvalue weighted by atomic mass is 9.83. The molecule has 2 aromatic carbocycles. The van der Waals surface area contributed by atoms with Crippen LogP contribution in [0, 0.1) is 0 Å². The van der Waals surface area contributed by atoms with E-state index >= 15 is 0 Å². The molecule has 0 aliphatic heterocycles. The predicted molar refractivity (Wildman–Crippen MR) is 82.5 cm³/mol. The zero-order valence-corrected chi connectivity index (χ0v) is 12.1. The summed E-state index contributed by atoms with van der Waals surface area (Å²) in [7, 11) is 0. The van der Waals surface area contributed by atoms with Crippen LogP contribution in [0.3, 0.4) is 0 Å². The maximum atomic E-state index is 12.6. The van der Waals surface area contributed by atoms with Crippen molar-refractivity contribution in [1.29, 1.82) is 0 Å². The highest BCUT2D eigenvalue weighted by Crippen LogP contribution is 2.36. The zero-order valence-electron chi connectivity index (χ0n) is 11.3. The van der Waals surface area contributed by atoms with Crippen LogP contribution >= 0.6 is 11.8 Å². The van der Waals surface area contributed by atoms with Gasteiger partial charge in [0.2, 0.25) is 0 Å². The Kier molecular flexibility index (Phi) is 3.46. The molecule has 1 aliphatic carbocycles. The van der Waals surface area contributed by atoms with Crippen LogP contribution < -0.4 is 5.73 Å². The number of benzene rings is 2. The molecule has 0 aromatic heterocycles. The van der Waals surface area contributed by atoms with Gasteiger partial charge >= 0.3 is 5.97 Å². The van der Waals surface area contributed by atoms with Crippen molar-refractivity contribution in [3.63, 3.8) is 0 Å². The van der Waals surface area contributed by atoms with Crippen LogP contribution in [-0.2, 0) is 4.79 Å². The second kappa shape index (κ2) is 5.31. The standard InChI is InChI=1S/C16H11NO4S/c17-14-11(22-7-12(18)19)6-5-10-13(14)16(21)9-4-2-1-3-8(9)15(10)20/h1-6H,7,17H2,(H,18,19). The number of rotatable bonds is 3. The second-order valence-electron chi connectivity index (χ2n) is 4.79. The Morgan fingerprint density at radius 3 is 2.27 bits per heavy atom. The van der Waals surface area contributed by atoms with Gasteiger partial charge < -0.3 is 10.8 Å². The molecule has 0 saturated carbocycles. The maximum absolute atomic E-state index is 12.6. The van der Waals surface area contributed by atoms with Crippen LogP contribution in [0.25, 0.3) is 0 Å². The van der Waals surface area contributed by atoms with Gasteiger partial charge in [0, 0.05) is 21.6 Å². The van der Waals surface area contributed by atoms with E-state index in [2.05, 4.69) is 0 Å². The van der Waals surface area contributed by atoms with Gasteiger partial charge in [-0.3, -0.25) is 14.4 Å². The largest absolute Gasteiger partial charge is 0.481 e. The third-order valence-electron chi connectivity index (χ3n) is 3.44. The number of thioether (sulfide) groups is 1. The van der Waals surface area contributed by atoms with E-state index in [4.69, 9.17) is 10.8 Å². The summed E-state index contributed by atoms with van der Waals surface area (Å²) in [4.78, 5) is 36.2. The monoisotopic (exact) mass is 313 g/mol. The summed E-state index contributed by atoms with van der Waals surface area (Å²) in [6.07, 6.45) is 0. The average Bonchev–Trinajstić information content (AvgIpc) is 2.51. The number of fused-ring (bicyclic) bond motifs is 2. The molecule has 0 spiro atoms. The summed E-state index contributed by atoms with van der Waals surface area (Å²) in [5, 5.41) is 8.75. The Bertz CT molecular complexity index is 829. The Morgan fingerprint density at radius 2 is 1.64 bits per heavy atom. The van der Waals surface area contributed by atoms with Gasteiger partial charge in [0.05, 0.1) is 17.0 Å². The number of carboxylic acid groups (broad SMARTS) is 1. The lowest BCUT2D eigenvalue weighted by Crippen LogP contribution is -2.22. The topological polar surface area (TPSA) is 97.5 Å². The van der Waals surface area contributed by atoms with Crippen molar-refractivity contribution in [2.45, 2.75) is 4.90 Å². The van der Waals surface area contributed by atoms with E-state index in [1.165, 1.54) is 6.07 Å². The van der Waals surface area contributed by atoms with Crippen molar-refractivity contribution < 1.29 is 19.5 Å². The van der Waals surface area contributed by atoms with Gasteiger partial charge in [-0.1, -0.05) is 24.3 Å². The Hall–Kier alpha value is -2.60. The highest BCUT2D eigenvalue weighted by atomic mass is 32.2. The first-order valence-corrected chi connectivity index (χ1v) is 7.44. The van der Waals surface area contributed by atoms with Crippen molar-refractivity contribution in [3.05, 3.63) is 58.7 Å². The fourth-order valence-electron chi connectivity index (χ4n) is 2.46. The maximum Gasteiger partial charge on any atom is 0.313 e. The number of carbonyl (C=O) groups is 3. The van der Waals surface area contributed by atoms with Gasteiger partial charge in [-0.15, -0.1) is 11.8 Å². The molecule has 1 aliphatic rings. The van der Waals surface area contributed by atoms with E-state index in [1.54, 1.807) is 30.3 Å². The lowest BCUT2D eigenvalue weighted by Gasteiger charge is -2.20. The van der Waals surface area contributed by atoms with E-state index in [1.807, 2.05) is 0 Å². The lowest BCUT2D eigenvalue weighted by molar-refractivity contribution is -0.133. The number of aliphatic carboxylic acids is 1. The van der Waals surface area contributed by atoms with Crippen LogP contribution in [0.1, 0.15) is 31.8 Å². The first kappa shape index (κ1) is 14.3. The molecule has 0 fully saturated rings. The molecule has 0 radical (unpaired) electrons. The minimum Gasteiger partial charge on any atom is -0.481 e. The molecule has 0 unspecified atom stereocenters. The molecule has 3 N–H and O–H groups in total. The molecule has 110 valence electrons. The van der Waals surface area contributed by atoms with E-state index in [0.29, 0.717) is 16.0 Å². The second-order valence-corrected chi connectivity index (χ2v) is 5.80. The normalized spacial score (nSPS) is 12.7. The molecule has 3 rings (SSSR count). The first-order valence-electron chi connectivity index (χ1n) is 6.46. The molecular formula is C16H11NO4S. The van der Waals surface area contributed by atoms with Crippen LogP contribution in [0.15, 0.2) is 41.3 Å². The van der Waals surface area contributed by atoms with Gasteiger partial charge in [0.1, 0.15) is 0 Å². The minimum atomic E-state index is -0.977. The zero-order chi connectivity index (χ0) is 15.9. The average molecular weight is 313 g/mol. The third-order valence-corrected chi connectivity index (χ3v) is 4.50. The van der Waals surface area contributed by atoms with Gasteiger partial charge in [-0.05, 0) is 12.1 Å². The number of nitrogens with two attached hydrogens (primary N) is 1. The summed E-state index contributed by atoms with van der Waals surface area (Å²) in [5.41, 5.74) is 7.30. The van der Waals surface area contributed by atoms with E-state index in [9.17, 15) is 14.4 Å². The summed E-state index contributed by atoms with van der Waals surface area (Å²) in [6, 6.07) is 9.72. The first-order chi connectivity index (χ1) is 10.5. The molecule has 0 saturated heterocycles. The summed E-state index contributed by atoms with van der Waals surface area (Å²) < 4.78 is 0. The number of carbonyl (C=O) groups excluding carboxylic acids is 2. The quantitative estimate of drug-likeness (QED) is 0.568. The van der Waals surface area contributed by atoms with Crippen LogP contribution in [0.5, 0.6) is 0 Å². The SMILES string of the molecule is Nc1c(SCC(=O)O)ccc2c1C(=O)c1ccccc1C2=O. The number of ketones is 2. The fourth-order valence-corrected chi connectivity index (χ4v) is 3.16. The van der Waals surface area contributed by atoms with E-state index < -0.39 is 5.97 Å². The van der Waals surface area contributed by atoms with Crippen LogP contribution in [0.2, 0.25) is 0 Å². The molecule has 0 heterocycles. The molecule has 0 amide bonds. The molecule has 5 nitrogen and oxygen atoms in total. The Balaban J connectivity index is 2.13. The number of anilines is 1. The van der Waals surface area contributed by atoms with Gasteiger partial charge in [-0.25, -0.2) is 0 Å². The smallest absolute Gasteiger partial charge is 0.313 e. The van der Waals surface area contributed by atoms with Crippen molar-refractivity contribution in [1.82, 2.24) is 0 Å². The highest BCUT2D eigenvalue weighted by molar-refractivity contribution is 8.00. The van der Waals surface area contributed by atoms with Crippen molar-refractivity contribution in [2.24, 2.45) is 0 Å². The number of hydrogen-bond donors (Lipinski definition) is 2. The summed E-state index contributed by atoms with van der Waals surface area (Å²) in [6.45, 7) is 0. The van der Waals surface area contributed by atoms with Crippen molar-refractivity contribution in [3.8, 4) is 0 Å². The summed E-state index contributed by atoms with van der Waals surface area (Å²) >= 11 is 1.02. The number of nitrogen functional groups attached to an aromatic ring is 1. The number of carboxylic acids is 1. The van der Waals surface area contributed by atoms with Crippen molar-refractivity contribution in [2.75, 3.05) is 11.5 Å². The Morgan fingerprint density at radius 1 is 1.00 bits per heavy atom. The van der Waals surface area contributed by atoms with E-state index in [0.717, 1.165) is 11.8 Å². The third kappa shape index (κ3) is 2.17. The highest BCUT2D eigenvalue weighted by Gasteiger charge is 2.31. The van der Waals surface area contributed by atoms with Crippen LogP contribution in [0.4, 0.5) is 5.69 Å². The molecular weight excluding hydrogens is 302 g/mol. The predicted octanol–water partition coefficient (Wildman–Crippen LogP) is 2.22. The summed E-state index contributed by atoms with van der Waals surface area (Å²) in [5.74, 6) is -1.69. The Labute approximate surface area is 130 Å². The minimum absolute atomic E-state index is 0.164. The van der Waals surface area contributed by atoms with Crippen molar-refractivity contribution >= 4 is 35.0 Å². The molecule has 6 heteroatoms. The number of hydrogen-bond acceptors (Lipinski definition) is 5. The van der Waals surface area contributed by atoms with Crippen LogP contribution in [-0.4, -0.2) is 28.4 Å². The van der Waals surface area contributed by atoms with Gasteiger partial charge in [0.25, 0.3) is 0 Å². The molecule has 0 bridgehead atoms. The molecule has 2 aromatic rings.